The Morgan fingerprint density at radius 3 is 3.04 bits per heavy atom. The lowest BCUT2D eigenvalue weighted by atomic mass is 9.88. The Balaban J connectivity index is 1.29. The number of carbonyl (C=O) groups is 1. The van der Waals surface area contributed by atoms with Crippen molar-refractivity contribution in [2.75, 3.05) is 6.54 Å². The van der Waals surface area contributed by atoms with Crippen molar-refractivity contribution >= 4 is 27.5 Å². The average molecular weight is 346 g/mol. The molecule has 2 aliphatic carbocycles. The van der Waals surface area contributed by atoms with E-state index in [9.17, 15) is 14.3 Å². The topological polar surface area (TPSA) is 52.6 Å². The molecule has 3 aliphatic rings. The molecule has 3 fully saturated rings. The summed E-state index contributed by atoms with van der Waals surface area (Å²) in [7, 11) is 0. The number of thiophene rings is 1. The first-order valence-corrected chi connectivity index (χ1v) is 9.32. The van der Waals surface area contributed by atoms with E-state index in [1.807, 2.05) is 11.0 Å². The van der Waals surface area contributed by atoms with Gasteiger partial charge in [0.05, 0.1) is 18.7 Å². The molecule has 1 aromatic carbocycles. The number of nitrogens with one attached hydrogen (secondary N) is 1. The van der Waals surface area contributed by atoms with Gasteiger partial charge in [0.1, 0.15) is 5.82 Å². The first-order valence-electron chi connectivity index (χ1n) is 8.50. The molecule has 4 nitrogen and oxygen atoms in total. The van der Waals surface area contributed by atoms with Gasteiger partial charge in [-0.1, -0.05) is 0 Å². The molecule has 2 N–H and O–H groups in total. The van der Waals surface area contributed by atoms with E-state index < -0.39 is 0 Å². The van der Waals surface area contributed by atoms with Crippen LogP contribution in [0.15, 0.2) is 24.3 Å². The van der Waals surface area contributed by atoms with Crippen LogP contribution in [-0.4, -0.2) is 34.7 Å². The lowest BCUT2D eigenvalue weighted by Crippen LogP contribution is -2.47. The zero-order valence-corrected chi connectivity index (χ0v) is 13.9. The number of nitrogens with zero attached hydrogens (tertiary/aromatic N) is 1. The van der Waals surface area contributed by atoms with Crippen molar-refractivity contribution in [2.45, 2.75) is 31.5 Å². The van der Waals surface area contributed by atoms with Gasteiger partial charge in [-0.05, 0) is 60.2 Å². The second-order valence-corrected chi connectivity index (χ2v) is 8.51. The number of halogens is 1. The van der Waals surface area contributed by atoms with Gasteiger partial charge in [-0.3, -0.25) is 0 Å². The van der Waals surface area contributed by atoms with Crippen LogP contribution >= 0.6 is 11.3 Å². The summed E-state index contributed by atoms with van der Waals surface area (Å²) in [5.41, 5.74) is 0. The third-order valence-corrected chi connectivity index (χ3v) is 7.17. The van der Waals surface area contributed by atoms with Gasteiger partial charge in [-0.2, -0.15) is 0 Å². The summed E-state index contributed by atoms with van der Waals surface area (Å²) < 4.78 is 14.3. The minimum Gasteiger partial charge on any atom is -0.391 e. The molecule has 24 heavy (non-hydrogen) atoms. The summed E-state index contributed by atoms with van der Waals surface area (Å²) in [6, 6.07) is 6.59. The third-order valence-electron chi connectivity index (χ3n) is 6.05. The molecule has 1 aliphatic heterocycles. The Bertz CT molecular complexity index is 820. The number of hydrogen-bond acceptors (Lipinski definition) is 3. The minimum absolute atomic E-state index is 0.00486. The van der Waals surface area contributed by atoms with Gasteiger partial charge in [0.2, 0.25) is 0 Å². The zero-order valence-electron chi connectivity index (χ0n) is 13.1. The van der Waals surface area contributed by atoms with E-state index in [-0.39, 0.29) is 24.0 Å². The van der Waals surface area contributed by atoms with Gasteiger partial charge in [0, 0.05) is 16.1 Å². The highest BCUT2D eigenvalue weighted by Gasteiger charge is 2.59. The van der Waals surface area contributed by atoms with Gasteiger partial charge < -0.3 is 15.3 Å². The van der Waals surface area contributed by atoms with Crippen molar-refractivity contribution in [1.29, 1.82) is 0 Å². The second kappa shape index (κ2) is 5.17. The first kappa shape index (κ1) is 14.7. The van der Waals surface area contributed by atoms with E-state index in [2.05, 4.69) is 5.32 Å². The molecule has 126 valence electrons. The van der Waals surface area contributed by atoms with Gasteiger partial charge in [0.15, 0.2) is 0 Å². The molecular formula is C18H19FN2O2S. The van der Waals surface area contributed by atoms with Gasteiger partial charge in [-0.15, -0.1) is 11.3 Å². The smallest absolute Gasteiger partial charge is 0.318 e. The number of hydrogen-bond donors (Lipinski definition) is 2. The fourth-order valence-corrected chi connectivity index (χ4v) is 6.05. The highest BCUT2D eigenvalue weighted by atomic mass is 32.1. The van der Waals surface area contributed by atoms with Crippen molar-refractivity contribution in [1.82, 2.24) is 10.2 Å². The predicted octanol–water partition coefficient (Wildman–Crippen LogP) is 2.95. The van der Waals surface area contributed by atoms with Crippen molar-refractivity contribution in [3.8, 4) is 0 Å². The lowest BCUT2D eigenvalue weighted by molar-refractivity contribution is 0.0609. The van der Waals surface area contributed by atoms with Gasteiger partial charge in [-0.25, -0.2) is 9.18 Å². The first-order chi connectivity index (χ1) is 11.6. The van der Waals surface area contributed by atoms with E-state index in [4.69, 9.17) is 0 Å². The van der Waals surface area contributed by atoms with Crippen LogP contribution in [0.4, 0.5) is 9.18 Å². The van der Waals surface area contributed by atoms with Crippen LogP contribution in [0.2, 0.25) is 0 Å². The Kier molecular flexibility index (Phi) is 3.16. The normalized spacial score (nSPS) is 33.6. The Morgan fingerprint density at radius 1 is 1.33 bits per heavy atom. The third kappa shape index (κ3) is 2.09. The molecule has 5 rings (SSSR count). The molecular weight excluding hydrogens is 327 g/mol. The summed E-state index contributed by atoms with van der Waals surface area (Å²) in [5, 5.41) is 14.2. The molecule has 1 aromatic heterocycles. The second-order valence-electron chi connectivity index (χ2n) is 7.34. The monoisotopic (exact) mass is 346 g/mol. The number of fused-ring (bicyclic) bond motifs is 2. The van der Waals surface area contributed by atoms with Crippen LogP contribution < -0.4 is 5.32 Å². The number of benzene rings is 1. The van der Waals surface area contributed by atoms with Crippen LogP contribution in [-0.2, 0) is 6.54 Å². The van der Waals surface area contributed by atoms with Gasteiger partial charge >= 0.3 is 6.03 Å². The maximum absolute atomic E-state index is 13.3. The van der Waals surface area contributed by atoms with E-state index in [0.29, 0.717) is 24.3 Å². The molecule has 0 spiro atoms. The van der Waals surface area contributed by atoms with Crippen LogP contribution in [0.3, 0.4) is 0 Å². The fourth-order valence-electron chi connectivity index (χ4n) is 5.07. The highest BCUT2D eigenvalue weighted by molar-refractivity contribution is 7.19. The van der Waals surface area contributed by atoms with Crippen molar-refractivity contribution in [3.05, 3.63) is 35.0 Å². The summed E-state index contributed by atoms with van der Waals surface area (Å²) >= 11 is 1.57. The summed E-state index contributed by atoms with van der Waals surface area (Å²) in [4.78, 5) is 15.4. The summed E-state index contributed by atoms with van der Waals surface area (Å²) in [6.45, 7) is 1.21. The molecule has 2 saturated carbocycles. The Hall–Kier alpha value is -1.66. The van der Waals surface area contributed by atoms with Crippen LogP contribution in [0.25, 0.3) is 10.1 Å². The summed E-state index contributed by atoms with van der Waals surface area (Å²) in [5.74, 6) is 1.21. The zero-order chi connectivity index (χ0) is 16.4. The number of aliphatic hydroxyl groups is 1. The number of likely N-dealkylation sites (tertiary alicyclic amines) is 1. The largest absolute Gasteiger partial charge is 0.391 e. The predicted molar refractivity (Wildman–Crippen MR) is 90.2 cm³/mol. The molecule has 5 atom stereocenters. The average Bonchev–Trinajstić information content (AvgIpc) is 3.25. The van der Waals surface area contributed by atoms with E-state index in [1.165, 1.54) is 12.1 Å². The minimum atomic E-state index is -0.355. The van der Waals surface area contributed by atoms with Crippen LogP contribution in [0, 0.1) is 23.6 Å². The van der Waals surface area contributed by atoms with E-state index in [0.717, 1.165) is 34.3 Å². The molecule has 0 radical (unpaired) electrons. The van der Waals surface area contributed by atoms with Crippen molar-refractivity contribution < 1.29 is 14.3 Å². The number of urea groups is 1. The Labute approximate surface area is 143 Å². The molecule has 1 saturated heterocycles. The van der Waals surface area contributed by atoms with Crippen LogP contribution in [0.1, 0.15) is 17.7 Å². The van der Waals surface area contributed by atoms with E-state index in [1.54, 1.807) is 17.4 Å². The molecule has 2 bridgehead atoms. The number of rotatable bonds is 2. The maximum atomic E-state index is 13.3. The quantitative estimate of drug-likeness (QED) is 0.878. The number of amides is 2. The number of aliphatic hydroxyl groups excluding tert-OH is 1. The highest BCUT2D eigenvalue weighted by Crippen LogP contribution is 2.54. The summed E-state index contributed by atoms with van der Waals surface area (Å²) in [6.07, 6.45) is 1.78. The molecule has 0 unspecified atom stereocenters. The fraction of sp³-hybridized carbons (Fsp3) is 0.500. The molecule has 2 aromatic rings. The maximum Gasteiger partial charge on any atom is 0.318 e. The Morgan fingerprint density at radius 2 is 2.21 bits per heavy atom. The molecule has 2 heterocycles. The van der Waals surface area contributed by atoms with Gasteiger partial charge in [0.25, 0.3) is 0 Å². The molecule has 2 amide bonds. The van der Waals surface area contributed by atoms with E-state index >= 15 is 0 Å². The van der Waals surface area contributed by atoms with Crippen LogP contribution in [0.5, 0.6) is 0 Å². The molecule has 6 heteroatoms. The van der Waals surface area contributed by atoms with Crippen molar-refractivity contribution in [3.63, 3.8) is 0 Å². The van der Waals surface area contributed by atoms with Crippen molar-refractivity contribution in [2.24, 2.45) is 17.8 Å². The lowest BCUT2D eigenvalue weighted by Gasteiger charge is -2.28. The number of carbonyl (C=O) groups excluding carboxylic acids is 1. The standard InChI is InChI=1S/C18H19FN2O2S/c19-12-1-2-15-9(4-12)5-13(24-15)7-20-18(23)21-8-11-3-10-6-14(11)16(21)17(10)22/h1-2,4-5,10-11,14,16-17,22H,3,6-8H2,(H,20,23)/t10-,11-,14+,16+,17+/m0/s1. The SMILES string of the molecule is O=C(NCc1cc2cc(F)ccc2s1)N1C[C@@H]2C[C@H]3C[C@H]2[C@@H]1[C@@H]3O.